The minimum Gasteiger partial charge on any atom is -0.366 e. The lowest BCUT2D eigenvalue weighted by atomic mass is 10.1. The second-order valence-electron chi connectivity index (χ2n) is 5.92. The number of nitrogens with zero attached hydrogens (tertiary/aromatic N) is 3. The van der Waals surface area contributed by atoms with E-state index in [1.807, 2.05) is 0 Å². The number of imidazole rings is 1. The van der Waals surface area contributed by atoms with E-state index < -0.39 is 17.6 Å². The molecule has 2 aromatic heterocycles. The Hall–Kier alpha value is -3.29. The van der Waals surface area contributed by atoms with E-state index >= 15 is 0 Å². The van der Waals surface area contributed by atoms with Gasteiger partial charge >= 0.3 is 6.18 Å². The number of hydrogen-bond acceptors (Lipinski definition) is 2. The quantitative estimate of drug-likeness (QED) is 0.594. The second kappa shape index (κ2) is 5.35. The molecular formula is C18H13F3N4O. The van der Waals surface area contributed by atoms with Crippen LogP contribution < -0.4 is 5.73 Å². The van der Waals surface area contributed by atoms with Gasteiger partial charge in [-0.1, -0.05) is 0 Å². The summed E-state index contributed by atoms with van der Waals surface area (Å²) in [7, 11) is 1.77. The van der Waals surface area contributed by atoms with Crippen LogP contribution in [0, 0.1) is 0 Å². The molecule has 0 atom stereocenters. The first-order valence-electron chi connectivity index (χ1n) is 8.12. The van der Waals surface area contributed by atoms with Crippen molar-refractivity contribution in [3.8, 4) is 5.69 Å². The van der Waals surface area contributed by atoms with Crippen molar-refractivity contribution in [1.82, 2.24) is 14.1 Å². The molecule has 0 radical (unpaired) electrons. The van der Waals surface area contributed by atoms with E-state index in [-0.39, 0.29) is 11.7 Å². The van der Waals surface area contributed by atoms with E-state index in [1.165, 1.54) is 12.1 Å². The minimum absolute atomic E-state index is 0.258. The first kappa shape index (κ1) is 15.0. The van der Waals surface area contributed by atoms with Gasteiger partial charge in [-0.2, -0.15) is 13.2 Å². The molecule has 5 nitrogen and oxygen atoms in total. The van der Waals surface area contributed by atoms with Gasteiger partial charge < -0.3 is 10.3 Å². The Bertz CT molecular complexity index is 1220. The zero-order valence-corrected chi connectivity index (χ0v) is 13.5. The normalized spacial score (nSPS) is 12.7. The minimum atomic E-state index is -4.52. The van der Waals surface area contributed by atoms with Crippen molar-refractivity contribution in [1.29, 1.82) is 0 Å². The summed E-state index contributed by atoms with van der Waals surface area (Å²) in [5.41, 5.74) is 6.81. The molecule has 0 unspecified atom stereocenters. The van der Waals surface area contributed by atoms with Gasteiger partial charge in [0.15, 0.2) is 5.65 Å². The molecule has 0 aliphatic carbocycles. The number of amides is 1. The summed E-state index contributed by atoms with van der Waals surface area (Å²) in [6, 6.07) is 7.49. The maximum atomic E-state index is 12.9. The van der Waals surface area contributed by atoms with E-state index in [4.69, 9.17) is 7.10 Å². The Balaban J connectivity index is 2.06. The molecule has 0 fully saturated rings. The largest absolute Gasteiger partial charge is 0.416 e. The van der Waals surface area contributed by atoms with E-state index in [0.717, 1.165) is 12.1 Å². The molecule has 0 aliphatic rings. The zero-order chi connectivity index (χ0) is 19.5. The van der Waals surface area contributed by atoms with Gasteiger partial charge in [0.2, 0.25) is 5.91 Å². The fraction of sp³-hybridized carbons (Fsp3) is 0.111. The predicted octanol–water partition coefficient (Wildman–Crippen LogP) is 3.63. The van der Waals surface area contributed by atoms with Gasteiger partial charge in [-0.05, 0) is 42.4 Å². The van der Waals surface area contributed by atoms with Crippen LogP contribution in [0.5, 0.6) is 0 Å². The highest BCUT2D eigenvalue weighted by atomic mass is 19.4. The van der Waals surface area contributed by atoms with Crippen molar-refractivity contribution in [2.75, 3.05) is 0 Å². The zero-order valence-electron chi connectivity index (χ0n) is 14.5. The van der Waals surface area contributed by atoms with Gasteiger partial charge in [-0.3, -0.25) is 9.36 Å². The third kappa shape index (κ3) is 2.33. The Morgan fingerprint density at radius 2 is 2.00 bits per heavy atom. The lowest BCUT2D eigenvalue weighted by Crippen LogP contribution is -2.10. The van der Waals surface area contributed by atoms with Crippen LogP contribution in [0.15, 0.2) is 48.8 Å². The van der Waals surface area contributed by atoms with Crippen LogP contribution in [0.4, 0.5) is 13.2 Å². The summed E-state index contributed by atoms with van der Waals surface area (Å²) in [6.45, 7) is 0. The van der Waals surface area contributed by atoms with Crippen LogP contribution >= 0.6 is 0 Å². The van der Waals surface area contributed by atoms with Crippen molar-refractivity contribution in [3.63, 3.8) is 0 Å². The number of carbonyl (C=O) groups is 1. The summed E-state index contributed by atoms with van der Waals surface area (Å²) in [5.74, 6) is -0.587. The number of aromatic nitrogens is 3. The Morgan fingerprint density at radius 1 is 1.23 bits per heavy atom. The third-order valence-electron chi connectivity index (χ3n) is 4.27. The fourth-order valence-electron chi connectivity index (χ4n) is 3.06. The van der Waals surface area contributed by atoms with Crippen LogP contribution in [0.1, 0.15) is 17.3 Å². The molecule has 0 saturated carbocycles. The highest BCUT2D eigenvalue weighted by Gasteiger charge is 2.30. The smallest absolute Gasteiger partial charge is 0.366 e. The lowest BCUT2D eigenvalue weighted by Gasteiger charge is -2.10. The highest BCUT2D eigenvalue weighted by Crippen LogP contribution is 2.34. The molecule has 1 amide bonds. The number of rotatable bonds is 2. The number of fused-ring (bicyclic) bond motifs is 3. The van der Waals surface area contributed by atoms with Crippen LogP contribution in [-0.4, -0.2) is 20.0 Å². The number of nitrogens with two attached hydrogens (primary N) is 1. The molecule has 0 saturated heterocycles. The number of halogens is 3. The monoisotopic (exact) mass is 359 g/mol. The SMILES string of the molecule is [2H]c1cc(C(F)(F)F)ccc1-n1c2ccc(C(N)=O)cc2c2c1ncn2C. The number of alkyl halides is 3. The maximum absolute atomic E-state index is 12.9. The summed E-state index contributed by atoms with van der Waals surface area (Å²) < 4.78 is 50.2. The van der Waals surface area contributed by atoms with Gasteiger partial charge in [-0.15, -0.1) is 0 Å². The summed E-state index contributed by atoms with van der Waals surface area (Å²) in [6.07, 6.45) is -2.96. The van der Waals surface area contributed by atoms with Crippen LogP contribution in [0.25, 0.3) is 27.8 Å². The topological polar surface area (TPSA) is 65.8 Å². The van der Waals surface area contributed by atoms with Gasteiger partial charge in [0.25, 0.3) is 0 Å². The average molecular weight is 359 g/mol. The molecule has 0 aliphatic heterocycles. The molecule has 8 heteroatoms. The van der Waals surface area contributed by atoms with Crippen molar-refractivity contribution >= 4 is 28.0 Å². The Kier molecular flexibility index (Phi) is 3.09. The molecule has 26 heavy (non-hydrogen) atoms. The predicted molar refractivity (Wildman–Crippen MR) is 91.1 cm³/mol. The van der Waals surface area contributed by atoms with Crippen molar-refractivity contribution in [2.45, 2.75) is 6.18 Å². The van der Waals surface area contributed by atoms with Gasteiger partial charge in [-0.25, -0.2) is 4.98 Å². The summed E-state index contributed by atoms with van der Waals surface area (Å²) in [5, 5.41) is 0.667. The van der Waals surface area contributed by atoms with Gasteiger partial charge in [0.05, 0.1) is 24.3 Å². The molecule has 4 aromatic rings. The number of carbonyl (C=O) groups excluding carboxylic acids is 1. The molecule has 2 N–H and O–H groups in total. The summed E-state index contributed by atoms with van der Waals surface area (Å²) in [4.78, 5) is 15.8. The second-order valence-corrected chi connectivity index (χ2v) is 5.92. The third-order valence-corrected chi connectivity index (χ3v) is 4.27. The van der Waals surface area contributed by atoms with Crippen molar-refractivity contribution in [2.24, 2.45) is 12.8 Å². The Labute approximate surface area is 146 Å². The van der Waals surface area contributed by atoms with E-state index in [0.29, 0.717) is 27.6 Å². The van der Waals surface area contributed by atoms with Gasteiger partial charge in [0.1, 0.15) is 0 Å². The molecule has 4 rings (SSSR count). The van der Waals surface area contributed by atoms with Crippen molar-refractivity contribution < 1.29 is 19.3 Å². The number of hydrogen-bond donors (Lipinski definition) is 1. The molecule has 0 spiro atoms. The average Bonchev–Trinajstić information content (AvgIpc) is 3.12. The molecule has 2 heterocycles. The highest BCUT2D eigenvalue weighted by molar-refractivity contribution is 6.09. The fourth-order valence-corrected chi connectivity index (χ4v) is 3.06. The molecular weight excluding hydrogens is 345 g/mol. The van der Waals surface area contributed by atoms with Crippen molar-refractivity contribution in [3.05, 3.63) is 59.9 Å². The molecule has 132 valence electrons. The standard InChI is InChI=1S/C18H13F3N4O/c1-24-9-23-17-15(24)13-8-10(16(22)26)2-7-14(13)25(17)12-5-3-11(4-6-12)18(19,20)21/h2-9H,1H3,(H2,22,26)/i5D. The number of primary amides is 1. The van der Waals surface area contributed by atoms with E-state index in [9.17, 15) is 18.0 Å². The van der Waals surface area contributed by atoms with E-state index in [2.05, 4.69) is 4.98 Å². The van der Waals surface area contributed by atoms with Crippen LogP contribution in [-0.2, 0) is 13.2 Å². The summed E-state index contributed by atoms with van der Waals surface area (Å²) >= 11 is 0. The lowest BCUT2D eigenvalue weighted by molar-refractivity contribution is -0.137. The first-order chi connectivity index (χ1) is 12.7. The Morgan fingerprint density at radius 3 is 2.65 bits per heavy atom. The first-order valence-corrected chi connectivity index (χ1v) is 7.62. The molecule has 2 aromatic carbocycles. The number of benzene rings is 2. The van der Waals surface area contributed by atoms with Gasteiger partial charge in [0, 0.05) is 23.7 Å². The van der Waals surface area contributed by atoms with Crippen LogP contribution in [0.3, 0.4) is 0 Å². The number of aryl methyl sites for hydroxylation is 1. The van der Waals surface area contributed by atoms with E-state index in [1.54, 1.807) is 34.6 Å². The maximum Gasteiger partial charge on any atom is 0.416 e. The van der Waals surface area contributed by atoms with Crippen LogP contribution in [0.2, 0.25) is 0 Å². The molecule has 0 bridgehead atoms.